The summed E-state index contributed by atoms with van der Waals surface area (Å²) >= 11 is 0. The lowest BCUT2D eigenvalue weighted by Crippen LogP contribution is -2.33. The zero-order valence-electron chi connectivity index (χ0n) is 10.1. The summed E-state index contributed by atoms with van der Waals surface area (Å²) in [7, 11) is 0. The molecule has 2 rings (SSSR count). The molecule has 15 heavy (non-hydrogen) atoms. The summed E-state index contributed by atoms with van der Waals surface area (Å²) in [5.41, 5.74) is 1.20. The van der Waals surface area contributed by atoms with Crippen LogP contribution in [0.4, 0.5) is 0 Å². The molecule has 1 fully saturated rings. The zero-order valence-corrected chi connectivity index (χ0v) is 10.1. The van der Waals surface area contributed by atoms with Crippen LogP contribution in [0, 0.1) is 5.92 Å². The van der Waals surface area contributed by atoms with Crippen molar-refractivity contribution in [3.63, 3.8) is 0 Å². The Morgan fingerprint density at radius 3 is 2.93 bits per heavy atom. The van der Waals surface area contributed by atoms with Gasteiger partial charge in [-0.25, -0.2) is 0 Å². The highest BCUT2D eigenvalue weighted by atomic mass is 16.7. The maximum Gasteiger partial charge on any atom is 0.156 e. The van der Waals surface area contributed by atoms with E-state index >= 15 is 0 Å². The summed E-state index contributed by atoms with van der Waals surface area (Å²) in [4.78, 5) is 8.12. The van der Waals surface area contributed by atoms with Crippen LogP contribution in [0.25, 0.3) is 0 Å². The van der Waals surface area contributed by atoms with Gasteiger partial charge in [0.25, 0.3) is 0 Å². The molecule has 0 N–H and O–H groups in total. The van der Waals surface area contributed by atoms with Crippen LogP contribution in [-0.2, 0) is 4.84 Å². The molecular weight excluding hydrogens is 188 g/mol. The number of hydrogen-bond donors (Lipinski definition) is 0. The van der Waals surface area contributed by atoms with Gasteiger partial charge in [0.15, 0.2) is 5.60 Å². The first-order chi connectivity index (χ1) is 7.10. The Balaban J connectivity index is 1.80. The van der Waals surface area contributed by atoms with E-state index in [1.54, 1.807) is 0 Å². The van der Waals surface area contributed by atoms with Crippen LogP contribution in [0.15, 0.2) is 5.16 Å². The highest BCUT2D eigenvalue weighted by molar-refractivity contribution is 5.83. The average molecular weight is 210 g/mol. The second-order valence-corrected chi connectivity index (χ2v) is 5.49. The van der Waals surface area contributed by atoms with Crippen LogP contribution in [0.2, 0.25) is 0 Å². The molecule has 3 nitrogen and oxygen atoms in total. The van der Waals surface area contributed by atoms with Crippen LogP contribution >= 0.6 is 0 Å². The minimum Gasteiger partial charge on any atom is -0.387 e. The van der Waals surface area contributed by atoms with Crippen molar-refractivity contribution >= 4 is 5.71 Å². The Morgan fingerprint density at radius 1 is 1.53 bits per heavy atom. The van der Waals surface area contributed by atoms with Crippen molar-refractivity contribution in [3.05, 3.63) is 0 Å². The van der Waals surface area contributed by atoms with E-state index in [9.17, 15) is 0 Å². The average Bonchev–Trinajstić information content (AvgIpc) is 2.72. The number of hydrogen-bond acceptors (Lipinski definition) is 3. The molecule has 0 aromatic carbocycles. The molecule has 2 aliphatic rings. The summed E-state index contributed by atoms with van der Waals surface area (Å²) in [6.07, 6.45) is 3.47. The molecule has 2 aliphatic heterocycles. The Labute approximate surface area is 92.5 Å². The van der Waals surface area contributed by atoms with E-state index in [0.717, 1.165) is 31.0 Å². The maximum absolute atomic E-state index is 5.60. The second-order valence-electron chi connectivity index (χ2n) is 5.49. The van der Waals surface area contributed by atoms with Crippen molar-refractivity contribution in [1.29, 1.82) is 0 Å². The molecule has 0 aromatic heterocycles. The third kappa shape index (κ3) is 2.51. The molecule has 1 unspecified atom stereocenters. The number of likely N-dealkylation sites (tertiary alicyclic amines) is 1. The van der Waals surface area contributed by atoms with Crippen molar-refractivity contribution in [1.82, 2.24) is 4.90 Å². The van der Waals surface area contributed by atoms with Gasteiger partial charge in [0.05, 0.1) is 5.71 Å². The Morgan fingerprint density at radius 2 is 2.33 bits per heavy atom. The summed E-state index contributed by atoms with van der Waals surface area (Å²) in [6, 6.07) is 0. The number of oxime groups is 1. The van der Waals surface area contributed by atoms with Gasteiger partial charge >= 0.3 is 0 Å². The maximum atomic E-state index is 5.60. The van der Waals surface area contributed by atoms with E-state index in [2.05, 4.69) is 30.8 Å². The molecule has 0 aromatic rings. The van der Waals surface area contributed by atoms with Gasteiger partial charge in [0, 0.05) is 25.9 Å². The van der Waals surface area contributed by atoms with Crippen molar-refractivity contribution in [3.8, 4) is 0 Å². The molecule has 0 bridgehead atoms. The van der Waals surface area contributed by atoms with Crippen LogP contribution < -0.4 is 0 Å². The fourth-order valence-electron chi connectivity index (χ4n) is 2.48. The second kappa shape index (κ2) is 4.12. The quantitative estimate of drug-likeness (QED) is 0.714. The van der Waals surface area contributed by atoms with E-state index < -0.39 is 0 Å². The Bertz CT molecular complexity index is 262. The molecule has 0 radical (unpaired) electrons. The van der Waals surface area contributed by atoms with Crippen molar-refractivity contribution in [2.75, 3.05) is 19.6 Å². The van der Waals surface area contributed by atoms with Gasteiger partial charge in [-0.3, -0.25) is 4.90 Å². The SMILES string of the molecule is CC1=NOC2(CCN(CCC(C)C)C2)C1. The molecule has 0 aliphatic carbocycles. The number of rotatable bonds is 3. The van der Waals surface area contributed by atoms with Crippen molar-refractivity contribution in [2.45, 2.75) is 45.6 Å². The van der Waals surface area contributed by atoms with Gasteiger partial charge < -0.3 is 4.84 Å². The summed E-state index contributed by atoms with van der Waals surface area (Å²) in [5, 5.41) is 4.09. The molecule has 3 heteroatoms. The fourth-order valence-corrected chi connectivity index (χ4v) is 2.48. The van der Waals surface area contributed by atoms with E-state index in [4.69, 9.17) is 4.84 Å². The Kier molecular flexibility index (Phi) is 3.01. The monoisotopic (exact) mass is 210 g/mol. The van der Waals surface area contributed by atoms with E-state index in [1.165, 1.54) is 19.5 Å². The van der Waals surface area contributed by atoms with E-state index in [0.29, 0.717) is 0 Å². The third-order valence-electron chi connectivity index (χ3n) is 3.39. The van der Waals surface area contributed by atoms with Gasteiger partial charge in [-0.15, -0.1) is 0 Å². The lowest BCUT2D eigenvalue weighted by Gasteiger charge is -2.22. The first-order valence-corrected chi connectivity index (χ1v) is 6.04. The van der Waals surface area contributed by atoms with Crippen LogP contribution in [-0.4, -0.2) is 35.8 Å². The van der Waals surface area contributed by atoms with Crippen LogP contribution in [0.1, 0.15) is 40.0 Å². The minimum absolute atomic E-state index is 0.0427. The first kappa shape index (κ1) is 10.9. The highest BCUT2D eigenvalue weighted by Crippen LogP contribution is 2.33. The van der Waals surface area contributed by atoms with Crippen molar-refractivity contribution < 1.29 is 4.84 Å². The normalized spacial score (nSPS) is 31.3. The molecule has 1 saturated heterocycles. The molecule has 86 valence electrons. The topological polar surface area (TPSA) is 24.8 Å². The predicted octanol–water partition coefficient (Wildman–Crippen LogP) is 2.27. The largest absolute Gasteiger partial charge is 0.387 e. The fraction of sp³-hybridized carbons (Fsp3) is 0.917. The first-order valence-electron chi connectivity index (χ1n) is 6.04. The molecule has 0 saturated carbocycles. The van der Waals surface area contributed by atoms with Crippen LogP contribution in [0.5, 0.6) is 0 Å². The van der Waals surface area contributed by atoms with Crippen molar-refractivity contribution in [2.24, 2.45) is 11.1 Å². The summed E-state index contributed by atoms with van der Waals surface area (Å²) < 4.78 is 0. The molecular formula is C12H22N2O. The van der Waals surface area contributed by atoms with Gasteiger partial charge in [0.2, 0.25) is 0 Å². The smallest absolute Gasteiger partial charge is 0.156 e. The third-order valence-corrected chi connectivity index (χ3v) is 3.39. The molecule has 1 atom stereocenters. The van der Waals surface area contributed by atoms with Crippen LogP contribution in [0.3, 0.4) is 0 Å². The van der Waals surface area contributed by atoms with Gasteiger partial charge in [-0.1, -0.05) is 19.0 Å². The Hall–Kier alpha value is -0.570. The molecule has 2 heterocycles. The minimum atomic E-state index is 0.0427. The van der Waals surface area contributed by atoms with E-state index in [-0.39, 0.29) is 5.60 Å². The summed E-state index contributed by atoms with van der Waals surface area (Å²) in [5.74, 6) is 0.795. The lowest BCUT2D eigenvalue weighted by molar-refractivity contribution is -0.0101. The number of nitrogens with zero attached hydrogens (tertiary/aromatic N) is 2. The highest BCUT2D eigenvalue weighted by Gasteiger charge is 2.43. The predicted molar refractivity (Wildman–Crippen MR) is 62.1 cm³/mol. The zero-order chi connectivity index (χ0) is 10.9. The van der Waals surface area contributed by atoms with E-state index in [1.807, 2.05) is 0 Å². The lowest BCUT2D eigenvalue weighted by atomic mass is 9.97. The van der Waals surface area contributed by atoms with Gasteiger partial charge in [-0.2, -0.15) is 0 Å². The standard InChI is InChI=1S/C12H22N2O/c1-10(2)4-6-14-7-5-12(9-14)8-11(3)13-15-12/h10H,4-9H2,1-3H3. The van der Waals surface area contributed by atoms with Gasteiger partial charge in [-0.05, 0) is 25.8 Å². The van der Waals surface area contributed by atoms with Gasteiger partial charge in [0.1, 0.15) is 0 Å². The molecule has 0 amide bonds. The molecule has 1 spiro atoms. The summed E-state index contributed by atoms with van der Waals surface area (Å²) in [6.45, 7) is 10.1.